The molecule has 3 N–H and O–H groups in total. The van der Waals surface area contributed by atoms with Crippen LogP contribution in [0.3, 0.4) is 0 Å². The number of amides is 1. The number of carbonyl (C=O) groups excluding carboxylic acids is 1. The summed E-state index contributed by atoms with van der Waals surface area (Å²) < 4.78 is 0. The van der Waals surface area contributed by atoms with Crippen LogP contribution < -0.4 is 10.6 Å². The number of anilines is 2. The molecule has 2 aromatic rings. The molecule has 156 valence electrons. The highest BCUT2D eigenvalue weighted by Gasteiger charge is 2.20. The predicted octanol–water partition coefficient (Wildman–Crippen LogP) is 1.55. The highest BCUT2D eigenvalue weighted by molar-refractivity contribution is 7.98. The normalized spacial score (nSPS) is 13.8. The van der Waals surface area contributed by atoms with Gasteiger partial charge in [-0.2, -0.15) is 0 Å². The number of aryl methyl sites for hydroxylation is 1. The maximum atomic E-state index is 12.6. The molecule has 1 amide bonds. The first-order chi connectivity index (χ1) is 14.1. The van der Waals surface area contributed by atoms with Gasteiger partial charge in [0.15, 0.2) is 5.16 Å². The number of aromatic nitrogens is 3. The van der Waals surface area contributed by atoms with Gasteiger partial charge < -0.3 is 20.6 Å². The lowest BCUT2D eigenvalue weighted by molar-refractivity contribution is -0.131. The minimum absolute atomic E-state index is 0.204. The molecule has 0 aromatic carbocycles. The van der Waals surface area contributed by atoms with E-state index in [1.54, 1.807) is 18.5 Å². The lowest BCUT2D eigenvalue weighted by Crippen LogP contribution is -2.35. The number of carboxylic acid groups (broad SMARTS) is 1. The highest BCUT2D eigenvalue weighted by Crippen LogP contribution is 2.20. The van der Waals surface area contributed by atoms with Crippen LogP contribution in [0.5, 0.6) is 0 Å². The Morgan fingerprint density at radius 3 is 2.66 bits per heavy atom. The second kappa shape index (κ2) is 11.8. The molecular formula is C19H26N6O3S. The molecule has 0 atom stereocenters. The van der Waals surface area contributed by atoms with Gasteiger partial charge in [-0.3, -0.25) is 14.6 Å². The first kappa shape index (κ1) is 22.4. The van der Waals surface area contributed by atoms with Gasteiger partial charge in [0, 0.05) is 51.1 Å². The van der Waals surface area contributed by atoms with Crippen molar-refractivity contribution in [2.24, 2.45) is 0 Å². The Kier molecular flexibility index (Phi) is 9.16. The van der Waals surface area contributed by atoms with Crippen molar-refractivity contribution >= 4 is 35.8 Å². The van der Waals surface area contributed by atoms with E-state index in [0.717, 1.165) is 43.9 Å². The number of nitrogen functional groups attached to an aromatic ring is 1. The molecular weight excluding hydrogens is 392 g/mol. The molecule has 2 aromatic heterocycles. The molecule has 0 radical (unpaired) electrons. The van der Waals surface area contributed by atoms with Crippen molar-refractivity contribution in [3.8, 4) is 0 Å². The Labute approximate surface area is 174 Å². The molecule has 0 saturated carbocycles. The van der Waals surface area contributed by atoms with Gasteiger partial charge in [0.1, 0.15) is 11.6 Å². The van der Waals surface area contributed by atoms with Crippen molar-refractivity contribution in [2.45, 2.75) is 24.4 Å². The zero-order valence-corrected chi connectivity index (χ0v) is 17.2. The minimum atomic E-state index is -0.250. The van der Waals surface area contributed by atoms with E-state index >= 15 is 0 Å². The van der Waals surface area contributed by atoms with Crippen LogP contribution in [-0.4, -0.2) is 69.8 Å². The van der Waals surface area contributed by atoms with Crippen LogP contribution in [0.2, 0.25) is 0 Å². The summed E-state index contributed by atoms with van der Waals surface area (Å²) in [5, 5.41) is 7.56. The van der Waals surface area contributed by atoms with E-state index in [1.165, 1.54) is 11.8 Å². The second-order valence-electron chi connectivity index (χ2n) is 6.32. The number of hydrogen-bond acceptors (Lipinski definition) is 8. The molecule has 10 heteroatoms. The smallest absolute Gasteiger partial charge is 0.290 e. The van der Waals surface area contributed by atoms with Gasteiger partial charge in [-0.15, -0.1) is 0 Å². The Morgan fingerprint density at radius 1 is 1.24 bits per heavy atom. The zero-order chi connectivity index (χ0) is 21.1. The van der Waals surface area contributed by atoms with Crippen molar-refractivity contribution in [2.75, 3.05) is 43.1 Å². The largest absolute Gasteiger partial charge is 0.483 e. The molecule has 0 aliphatic carbocycles. The lowest BCUT2D eigenvalue weighted by atomic mass is 10.1. The summed E-state index contributed by atoms with van der Waals surface area (Å²) in [6, 6.07) is 5.72. The van der Waals surface area contributed by atoms with E-state index in [-0.39, 0.29) is 12.4 Å². The Bertz CT molecular complexity index is 793. The molecule has 0 unspecified atom stereocenters. The van der Waals surface area contributed by atoms with Crippen molar-refractivity contribution in [1.82, 2.24) is 19.9 Å². The molecule has 29 heavy (non-hydrogen) atoms. The maximum Gasteiger partial charge on any atom is 0.290 e. The van der Waals surface area contributed by atoms with Crippen molar-refractivity contribution < 1.29 is 14.7 Å². The summed E-state index contributed by atoms with van der Waals surface area (Å²) in [7, 11) is 0. The minimum Gasteiger partial charge on any atom is -0.483 e. The molecule has 3 heterocycles. The standard InChI is InChI=1S/C18H24N6OS.CH2O2/c1-26-18-21-15(19)13-16(22-18)23-9-2-10-24(12-11-23)17(25)4-3-14-5-7-20-8-6-14;2-1-3/h5-8,13H,2-4,9-12H2,1H3,(H2,19,21,22);1H,(H,2,3). The molecule has 1 saturated heterocycles. The number of thioether (sulfide) groups is 1. The van der Waals surface area contributed by atoms with E-state index < -0.39 is 0 Å². The van der Waals surface area contributed by atoms with E-state index in [0.29, 0.717) is 23.9 Å². The quantitative estimate of drug-likeness (QED) is 0.422. The van der Waals surface area contributed by atoms with Crippen molar-refractivity contribution in [3.05, 3.63) is 36.2 Å². The topological polar surface area (TPSA) is 126 Å². The average molecular weight is 419 g/mol. The average Bonchev–Trinajstić information content (AvgIpc) is 2.99. The molecule has 0 spiro atoms. The third-order valence-electron chi connectivity index (χ3n) is 4.44. The fourth-order valence-electron chi connectivity index (χ4n) is 3.04. The third kappa shape index (κ3) is 7.22. The molecule has 1 aliphatic heterocycles. The van der Waals surface area contributed by atoms with Crippen LogP contribution in [0, 0.1) is 0 Å². The fraction of sp³-hybridized carbons (Fsp3) is 0.421. The number of carbonyl (C=O) groups is 2. The number of nitrogens with two attached hydrogens (primary N) is 1. The second-order valence-corrected chi connectivity index (χ2v) is 7.09. The number of rotatable bonds is 5. The summed E-state index contributed by atoms with van der Waals surface area (Å²) in [4.78, 5) is 37.8. The number of pyridine rings is 1. The van der Waals surface area contributed by atoms with Gasteiger partial charge in [-0.25, -0.2) is 9.97 Å². The van der Waals surface area contributed by atoms with Crippen LogP contribution in [0.1, 0.15) is 18.4 Å². The van der Waals surface area contributed by atoms with Crippen LogP contribution >= 0.6 is 11.8 Å². The van der Waals surface area contributed by atoms with Crippen molar-refractivity contribution in [1.29, 1.82) is 0 Å². The first-order valence-electron chi connectivity index (χ1n) is 9.25. The Balaban J connectivity index is 0.000000941. The SMILES string of the molecule is CSc1nc(N)cc(N2CCCN(C(=O)CCc3ccncc3)CC2)n1.O=CO. The molecule has 9 nitrogen and oxygen atoms in total. The lowest BCUT2D eigenvalue weighted by Gasteiger charge is -2.23. The highest BCUT2D eigenvalue weighted by atomic mass is 32.2. The van der Waals surface area contributed by atoms with Crippen LogP contribution in [0.15, 0.2) is 35.7 Å². The first-order valence-corrected chi connectivity index (χ1v) is 10.5. The zero-order valence-electron chi connectivity index (χ0n) is 16.4. The number of nitrogens with zero attached hydrogens (tertiary/aromatic N) is 5. The monoisotopic (exact) mass is 418 g/mol. The van der Waals surface area contributed by atoms with Gasteiger partial charge in [-0.1, -0.05) is 11.8 Å². The summed E-state index contributed by atoms with van der Waals surface area (Å²) in [6.45, 7) is 2.85. The summed E-state index contributed by atoms with van der Waals surface area (Å²) in [6.07, 6.45) is 7.66. The molecule has 0 bridgehead atoms. The molecule has 1 fully saturated rings. The summed E-state index contributed by atoms with van der Waals surface area (Å²) >= 11 is 1.48. The fourth-order valence-corrected chi connectivity index (χ4v) is 3.42. The molecule has 1 aliphatic rings. The molecule has 3 rings (SSSR count). The van der Waals surface area contributed by atoms with Gasteiger partial charge in [0.05, 0.1) is 0 Å². The third-order valence-corrected chi connectivity index (χ3v) is 4.99. The van der Waals surface area contributed by atoms with Gasteiger partial charge in [0.25, 0.3) is 6.47 Å². The Morgan fingerprint density at radius 2 is 1.97 bits per heavy atom. The van der Waals surface area contributed by atoms with Crippen LogP contribution in [0.4, 0.5) is 11.6 Å². The van der Waals surface area contributed by atoms with E-state index in [9.17, 15) is 4.79 Å². The van der Waals surface area contributed by atoms with E-state index in [1.807, 2.05) is 23.3 Å². The maximum absolute atomic E-state index is 12.6. The van der Waals surface area contributed by atoms with Crippen molar-refractivity contribution in [3.63, 3.8) is 0 Å². The van der Waals surface area contributed by atoms with Crippen LogP contribution in [0.25, 0.3) is 0 Å². The van der Waals surface area contributed by atoms with E-state index in [4.69, 9.17) is 15.6 Å². The predicted molar refractivity (Wildman–Crippen MR) is 113 cm³/mol. The summed E-state index contributed by atoms with van der Waals surface area (Å²) in [5.41, 5.74) is 7.04. The van der Waals surface area contributed by atoms with Gasteiger partial charge in [-0.05, 0) is 36.8 Å². The summed E-state index contributed by atoms with van der Waals surface area (Å²) in [5.74, 6) is 1.53. The van der Waals surface area contributed by atoms with Gasteiger partial charge in [0.2, 0.25) is 5.91 Å². The van der Waals surface area contributed by atoms with Crippen LogP contribution in [-0.2, 0) is 16.0 Å². The van der Waals surface area contributed by atoms with E-state index in [2.05, 4.69) is 19.9 Å². The van der Waals surface area contributed by atoms with Gasteiger partial charge >= 0.3 is 0 Å². The Hall–Kier alpha value is -2.88. The number of hydrogen-bond donors (Lipinski definition) is 2.